The van der Waals surface area contributed by atoms with Crippen LogP contribution in [-0.2, 0) is 0 Å². The molecule has 0 saturated carbocycles. The summed E-state index contributed by atoms with van der Waals surface area (Å²) in [6.45, 7) is 6.18. The molecule has 1 saturated heterocycles. The number of benzene rings is 1. The van der Waals surface area contributed by atoms with Crippen LogP contribution in [0.4, 0.5) is 4.79 Å². The minimum atomic E-state index is -0.915. The Morgan fingerprint density at radius 3 is 2.74 bits per heavy atom. The van der Waals surface area contributed by atoms with Crippen molar-refractivity contribution in [2.24, 2.45) is 5.41 Å². The van der Waals surface area contributed by atoms with Crippen LogP contribution in [-0.4, -0.2) is 38.4 Å². The summed E-state index contributed by atoms with van der Waals surface area (Å²) >= 11 is 0. The van der Waals surface area contributed by atoms with Crippen molar-refractivity contribution >= 4 is 23.4 Å². The van der Waals surface area contributed by atoms with Crippen molar-refractivity contribution in [3.8, 4) is 0 Å². The minimum absolute atomic E-state index is 0.0382. The van der Waals surface area contributed by atoms with E-state index in [0.717, 1.165) is 30.2 Å². The van der Waals surface area contributed by atoms with Gasteiger partial charge in [-0.25, -0.2) is 9.78 Å². The molecule has 6 nitrogen and oxygen atoms in total. The summed E-state index contributed by atoms with van der Waals surface area (Å²) in [6.07, 6.45) is 1.43. The molecule has 2 atom stereocenters. The quantitative estimate of drug-likeness (QED) is 0.829. The molecule has 2 unspecified atom stereocenters. The summed E-state index contributed by atoms with van der Waals surface area (Å²) in [6, 6.07) is 4.91. The second-order valence-electron chi connectivity index (χ2n) is 7.18. The highest BCUT2D eigenvalue weighted by Crippen LogP contribution is 2.42. The maximum absolute atomic E-state index is 11.8. The number of aldehydes is 1. The molecule has 0 radical (unpaired) electrons. The molecular weight excluding hydrogens is 294 g/mol. The third-order valence-electron chi connectivity index (χ3n) is 4.58. The first-order chi connectivity index (χ1) is 10.8. The summed E-state index contributed by atoms with van der Waals surface area (Å²) in [7, 11) is 0. The number of carbonyl (C=O) groups excluding carboxylic acids is 1. The molecule has 1 amide bonds. The number of hydrogen-bond acceptors (Lipinski definition) is 3. The number of imidazole rings is 1. The van der Waals surface area contributed by atoms with Gasteiger partial charge in [0.1, 0.15) is 12.1 Å². The van der Waals surface area contributed by atoms with Crippen molar-refractivity contribution in [1.82, 2.24) is 14.9 Å². The summed E-state index contributed by atoms with van der Waals surface area (Å²) in [4.78, 5) is 31.9. The molecule has 0 aliphatic carbocycles. The number of likely N-dealkylation sites (tertiary alicyclic amines) is 1. The maximum Gasteiger partial charge on any atom is 0.408 e. The first-order valence-electron chi connectivity index (χ1n) is 7.77. The second-order valence-corrected chi connectivity index (χ2v) is 7.18. The highest BCUT2D eigenvalue weighted by atomic mass is 16.4. The maximum atomic E-state index is 11.8. The first kappa shape index (κ1) is 15.5. The number of H-pyrrole nitrogens is 1. The molecule has 122 valence electrons. The van der Waals surface area contributed by atoms with Crippen molar-refractivity contribution < 1.29 is 14.7 Å². The number of aromatic nitrogens is 2. The minimum Gasteiger partial charge on any atom is -0.465 e. The van der Waals surface area contributed by atoms with E-state index in [0.29, 0.717) is 11.4 Å². The molecule has 1 aromatic heterocycles. The Labute approximate surface area is 134 Å². The molecule has 3 rings (SSSR count). The van der Waals surface area contributed by atoms with E-state index in [9.17, 15) is 14.7 Å². The summed E-state index contributed by atoms with van der Waals surface area (Å²) in [5, 5.41) is 9.67. The van der Waals surface area contributed by atoms with E-state index in [4.69, 9.17) is 0 Å². The van der Waals surface area contributed by atoms with Gasteiger partial charge in [0.15, 0.2) is 0 Å². The van der Waals surface area contributed by atoms with Crippen LogP contribution >= 0.6 is 0 Å². The number of carboxylic acid groups (broad SMARTS) is 1. The lowest BCUT2D eigenvalue weighted by molar-refractivity contribution is 0.0852. The predicted molar refractivity (Wildman–Crippen MR) is 86.6 cm³/mol. The molecule has 2 N–H and O–H groups in total. The van der Waals surface area contributed by atoms with Gasteiger partial charge in [-0.2, -0.15) is 0 Å². The van der Waals surface area contributed by atoms with Crippen LogP contribution in [0.1, 0.15) is 55.8 Å². The van der Waals surface area contributed by atoms with Crippen LogP contribution in [0.5, 0.6) is 0 Å². The average Bonchev–Trinajstić information content (AvgIpc) is 3.09. The van der Waals surface area contributed by atoms with E-state index in [-0.39, 0.29) is 17.5 Å². The van der Waals surface area contributed by atoms with Crippen LogP contribution in [0.25, 0.3) is 11.0 Å². The fourth-order valence-corrected chi connectivity index (χ4v) is 3.47. The number of amides is 1. The van der Waals surface area contributed by atoms with Gasteiger partial charge >= 0.3 is 6.09 Å². The standard InChI is InChI=1S/C17H21N3O3/c1-17(2,3)14-7-6-13(20(14)16(22)23)15-18-11-5-4-10(9-21)8-12(11)19-15/h4-5,8-9,13-14H,6-7H2,1-3H3,(H,18,19)(H,22,23). The third kappa shape index (κ3) is 2.69. The fraction of sp³-hybridized carbons (Fsp3) is 0.471. The molecule has 0 bridgehead atoms. The van der Waals surface area contributed by atoms with E-state index >= 15 is 0 Å². The molecular formula is C17H21N3O3. The molecule has 1 aliphatic heterocycles. The van der Waals surface area contributed by atoms with Gasteiger partial charge in [0.2, 0.25) is 0 Å². The van der Waals surface area contributed by atoms with Crippen molar-refractivity contribution in [2.75, 3.05) is 0 Å². The van der Waals surface area contributed by atoms with E-state index in [1.54, 1.807) is 18.2 Å². The van der Waals surface area contributed by atoms with Crippen molar-refractivity contribution in [3.05, 3.63) is 29.6 Å². The second kappa shape index (κ2) is 5.37. The van der Waals surface area contributed by atoms with Gasteiger partial charge in [0.25, 0.3) is 0 Å². The average molecular weight is 315 g/mol. The van der Waals surface area contributed by atoms with Gasteiger partial charge in [-0.05, 0) is 36.5 Å². The number of fused-ring (bicyclic) bond motifs is 1. The predicted octanol–water partition coefficient (Wildman–Crippen LogP) is 3.61. The number of rotatable bonds is 2. The van der Waals surface area contributed by atoms with Crippen LogP contribution in [0.15, 0.2) is 18.2 Å². The molecule has 1 aromatic carbocycles. The Kier molecular flexibility index (Phi) is 3.62. The zero-order valence-corrected chi connectivity index (χ0v) is 13.5. The SMILES string of the molecule is CC(C)(C)C1CCC(c2nc3ccc(C=O)cc3[nH]2)N1C(=O)O. The molecule has 6 heteroatoms. The summed E-state index contributed by atoms with van der Waals surface area (Å²) in [5.41, 5.74) is 1.95. The molecule has 1 aliphatic rings. The number of nitrogens with zero attached hydrogens (tertiary/aromatic N) is 2. The Morgan fingerprint density at radius 2 is 2.13 bits per heavy atom. The highest BCUT2D eigenvalue weighted by Gasteiger charge is 2.44. The smallest absolute Gasteiger partial charge is 0.408 e. The third-order valence-corrected chi connectivity index (χ3v) is 4.58. The van der Waals surface area contributed by atoms with Gasteiger partial charge in [0, 0.05) is 11.6 Å². The highest BCUT2D eigenvalue weighted by molar-refractivity contribution is 5.84. The fourth-order valence-electron chi connectivity index (χ4n) is 3.47. The van der Waals surface area contributed by atoms with Gasteiger partial charge in [0.05, 0.1) is 17.1 Å². The normalized spacial score (nSPS) is 21.8. The molecule has 0 spiro atoms. The van der Waals surface area contributed by atoms with Gasteiger partial charge in [-0.1, -0.05) is 20.8 Å². The molecule has 2 heterocycles. The van der Waals surface area contributed by atoms with E-state index in [2.05, 4.69) is 30.7 Å². The van der Waals surface area contributed by atoms with Crippen molar-refractivity contribution in [1.29, 1.82) is 0 Å². The lowest BCUT2D eigenvalue weighted by Crippen LogP contribution is -2.43. The largest absolute Gasteiger partial charge is 0.465 e. The van der Waals surface area contributed by atoms with E-state index in [1.807, 2.05) is 0 Å². The van der Waals surface area contributed by atoms with Crippen LogP contribution < -0.4 is 0 Å². The van der Waals surface area contributed by atoms with Crippen LogP contribution in [0.3, 0.4) is 0 Å². The molecule has 2 aromatic rings. The van der Waals surface area contributed by atoms with Crippen molar-refractivity contribution in [2.45, 2.75) is 45.7 Å². The lowest BCUT2D eigenvalue weighted by Gasteiger charge is -2.35. The van der Waals surface area contributed by atoms with E-state index in [1.165, 1.54) is 4.90 Å². The Bertz CT molecular complexity index is 760. The Balaban J connectivity index is 2.00. The van der Waals surface area contributed by atoms with Gasteiger partial charge in [-0.15, -0.1) is 0 Å². The number of aromatic amines is 1. The van der Waals surface area contributed by atoms with Crippen LogP contribution in [0.2, 0.25) is 0 Å². The lowest BCUT2D eigenvalue weighted by atomic mass is 9.85. The molecule has 23 heavy (non-hydrogen) atoms. The van der Waals surface area contributed by atoms with Gasteiger partial charge in [-0.3, -0.25) is 9.69 Å². The Hall–Kier alpha value is -2.37. The number of carbonyl (C=O) groups is 2. The topological polar surface area (TPSA) is 86.3 Å². The zero-order chi connectivity index (χ0) is 16.8. The van der Waals surface area contributed by atoms with Crippen molar-refractivity contribution in [3.63, 3.8) is 0 Å². The van der Waals surface area contributed by atoms with Gasteiger partial charge < -0.3 is 10.1 Å². The monoisotopic (exact) mass is 315 g/mol. The first-order valence-corrected chi connectivity index (χ1v) is 7.77. The number of hydrogen-bond donors (Lipinski definition) is 2. The Morgan fingerprint density at radius 1 is 1.39 bits per heavy atom. The zero-order valence-electron chi connectivity index (χ0n) is 13.5. The number of nitrogens with one attached hydrogen (secondary N) is 1. The van der Waals surface area contributed by atoms with E-state index < -0.39 is 6.09 Å². The molecule has 1 fully saturated rings. The summed E-state index contributed by atoms with van der Waals surface area (Å²) < 4.78 is 0. The van der Waals surface area contributed by atoms with Crippen LogP contribution in [0, 0.1) is 5.41 Å². The summed E-state index contributed by atoms with van der Waals surface area (Å²) in [5.74, 6) is 0.650.